The summed E-state index contributed by atoms with van der Waals surface area (Å²) < 4.78 is 0. The van der Waals surface area contributed by atoms with Crippen LogP contribution in [0.15, 0.2) is 6.07 Å². The van der Waals surface area contributed by atoms with Gasteiger partial charge in [0.15, 0.2) is 5.78 Å². The lowest BCUT2D eigenvalue weighted by Crippen LogP contribution is -2.12. The van der Waals surface area contributed by atoms with Crippen LogP contribution in [0, 0.1) is 5.92 Å². The maximum absolute atomic E-state index is 12.3. The summed E-state index contributed by atoms with van der Waals surface area (Å²) >= 11 is 17.6. The van der Waals surface area contributed by atoms with E-state index in [4.69, 9.17) is 34.8 Å². The Kier molecular flexibility index (Phi) is 4.10. The molecule has 0 spiro atoms. The van der Waals surface area contributed by atoms with E-state index < -0.39 is 0 Å². The number of rotatable bonds is 3. The fourth-order valence-electron chi connectivity index (χ4n) is 2.55. The zero-order chi connectivity index (χ0) is 13.4. The van der Waals surface area contributed by atoms with E-state index in [9.17, 15) is 9.90 Å². The third kappa shape index (κ3) is 2.11. The van der Waals surface area contributed by atoms with Crippen molar-refractivity contribution in [3.05, 3.63) is 27.2 Å². The smallest absolute Gasteiger partial charge is 0.168 e. The summed E-state index contributed by atoms with van der Waals surface area (Å²) in [6.07, 6.45) is 1.51. The van der Waals surface area contributed by atoms with E-state index in [2.05, 4.69) is 0 Å². The molecule has 0 heterocycles. The second-order valence-corrected chi connectivity index (χ2v) is 5.71. The minimum Gasteiger partial charge on any atom is -0.506 e. The number of aromatic hydroxyl groups is 1. The first-order valence-corrected chi connectivity index (χ1v) is 7.09. The molecule has 2 atom stereocenters. The van der Waals surface area contributed by atoms with Gasteiger partial charge in [0.05, 0.1) is 5.02 Å². The van der Waals surface area contributed by atoms with Crippen LogP contribution in [0.25, 0.3) is 0 Å². The number of hydrogen-bond acceptors (Lipinski definition) is 2. The lowest BCUT2D eigenvalue weighted by molar-refractivity contribution is 0.0919. The molecule has 2 unspecified atom stereocenters. The maximum Gasteiger partial charge on any atom is 0.168 e. The van der Waals surface area contributed by atoms with Crippen LogP contribution < -0.4 is 0 Å². The largest absolute Gasteiger partial charge is 0.506 e. The minimum absolute atomic E-state index is 0.00881. The van der Waals surface area contributed by atoms with E-state index in [1.54, 1.807) is 6.07 Å². The SMILES string of the molecule is CC1c2cc(O)c(Cl)c(Cl)c2C(=O)C1CCCCl. The third-order valence-corrected chi connectivity index (χ3v) is 4.67. The van der Waals surface area contributed by atoms with Gasteiger partial charge in [0, 0.05) is 17.4 Å². The Morgan fingerprint density at radius 3 is 2.61 bits per heavy atom. The van der Waals surface area contributed by atoms with E-state index in [1.165, 1.54) is 0 Å². The van der Waals surface area contributed by atoms with Crippen LogP contribution in [0.5, 0.6) is 5.75 Å². The van der Waals surface area contributed by atoms with Crippen LogP contribution in [0.4, 0.5) is 0 Å². The number of fused-ring (bicyclic) bond motifs is 1. The molecule has 2 rings (SSSR count). The molecular weight excluding hydrogens is 294 g/mol. The number of carbonyl (C=O) groups is 1. The van der Waals surface area contributed by atoms with Crippen LogP contribution in [-0.4, -0.2) is 16.8 Å². The molecule has 1 aromatic rings. The van der Waals surface area contributed by atoms with Crippen molar-refractivity contribution in [1.29, 1.82) is 0 Å². The second kappa shape index (κ2) is 5.28. The molecule has 1 aromatic carbocycles. The van der Waals surface area contributed by atoms with E-state index >= 15 is 0 Å². The lowest BCUT2D eigenvalue weighted by Gasteiger charge is -2.13. The van der Waals surface area contributed by atoms with Gasteiger partial charge in [-0.05, 0) is 30.4 Å². The summed E-state index contributed by atoms with van der Waals surface area (Å²) in [6.45, 7) is 1.96. The van der Waals surface area contributed by atoms with Crippen LogP contribution in [0.1, 0.15) is 41.6 Å². The van der Waals surface area contributed by atoms with Crippen molar-refractivity contribution in [1.82, 2.24) is 0 Å². The minimum atomic E-state index is -0.117. The Balaban J connectivity index is 2.46. The first-order valence-electron chi connectivity index (χ1n) is 5.80. The number of halogens is 3. The molecule has 0 radical (unpaired) electrons. The first-order chi connectivity index (χ1) is 8.49. The highest BCUT2D eigenvalue weighted by molar-refractivity contribution is 6.45. The van der Waals surface area contributed by atoms with Gasteiger partial charge in [-0.3, -0.25) is 4.79 Å². The Bertz CT molecular complexity index is 499. The standard InChI is InChI=1S/C13H13Cl3O2/c1-6-7(3-2-4-14)13(18)10-8(6)5-9(17)11(15)12(10)16/h5-7,17H,2-4H2,1H3. The molecule has 0 aromatic heterocycles. The van der Waals surface area contributed by atoms with Crippen molar-refractivity contribution in [2.75, 3.05) is 5.88 Å². The zero-order valence-electron chi connectivity index (χ0n) is 9.84. The molecule has 2 nitrogen and oxygen atoms in total. The van der Waals surface area contributed by atoms with Gasteiger partial charge in [-0.1, -0.05) is 30.1 Å². The van der Waals surface area contributed by atoms with Crippen molar-refractivity contribution in [3.8, 4) is 5.75 Å². The molecule has 1 aliphatic carbocycles. The molecule has 0 fully saturated rings. The molecule has 18 heavy (non-hydrogen) atoms. The fraction of sp³-hybridized carbons (Fsp3) is 0.462. The average Bonchev–Trinajstić information content (AvgIpc) is 2.57. The van der Waals surface area contributed by atoms with Crippen LogP contribution in [0.2, 0.25) is 10.0 Å². The number of hydrogen-bond donors (Lipinski definition) is 1. The highest BCUT2D eigenvalue weighted by Gasteiger charge is 2.39. The van der Waals surface area contributed by atoms with E-state index in [0.717, 1.165) is 18.4 Å². The fourth-order valence-corrected chi connectivity index (χ4v) is 3.15. The van der Waals surface area contributed by atoms with Gasteiger partial charge in [-0.2, -0.15) is 0 Å². The van der Waals surface area contributed by atoms with Crippen molar-refractivity contribution >= 4 is 40.6 Å². The number of phenols is 1. The number of carbonyl (C=O) groups excluding carboxylic acids is 1. The van der Waals surface area contributed by atoms with Crippen LogP contribution >= 0.6 is 34.8 Å². The third-order valence-electron chi connectivity index (χ3n) is 3.54. The summed E-state index contributed by atoms with van der Waals surface area (Å²) in [4.78, 5) is 12.3. The van der Waals surface area contributed by atoms with E-state index in [1.807, 2.05) is 6.92 Å². The predicted octanol–water partition coefficient (Wildman–Crippen LogP) is 4.63. The van der Waals surface area contributed by atoms with Gasteiger partial charge < -0.3 is 5.11 Å². The number of phenolic OH excluding ortho intramolecular Hbond substituents is 1. The molecule has 1 N–H and O–H groups in total. The van der Waals surface area contributed by atoms with Crippen molar-refractivity contribution in [3.63, 3.8) is 0 Å². The molecule has 0 amide bonds. The van der Waals surface area contributed by atoms with Crippen molar-refractivity contribution < 1.29 is 9.90 Å². The maximum atomic E-state index is 12.3. The highest BCUT2D eigenvalue weighted by atomic mass is 35.5. The van der Waals surface area contributed by atoms with Gasteiger partial charge in [0.25, 0.3) is 0 Å². The summed E-state index contributed by atoms with van der Waals surface area (Å²) in [5.41, 5.74) is 1.25. The quantitative estimate of drug-likeness (QED) is 0.826. The Hall–Kier alpha value is -0.440. The molecule has 98 valence electrons. The van der Waals surface area contributed by atoms with Gasteiger partial charge in [0.1, 0.15) is 10.8 Å². The molecule has 5 heteroatoms. The Morgan fingerprint density at radius 1 is 1.33 bits per heavy atom. The second-order valence-electron chi connectivity index (χ2n) is 4.58. The zero-order valence-corrected chi connectivity index (χ0v) is 12.1. The van der Waals surface area contributed by atoms with Gasteiger partial charge in [0.2, 0.25) is 0 Å². The topological polar surface area (TPSA) is 37.3 Å². The molecule has 0 aliphatic heterocycles. The van der Waals surface area contributed by atoms with Gasteiger partial charge in [-0.25, -0.2) is 0 Å². The van der Waals surface area contributed by atoms with E-state index in [-0.39, 0.29) is 33.4 Å². The van der Waals surface area contributed by atoms with Gasteiger partial charge in [-0.15, -0.1) is 11.6 Å². The normalized spacial score (nSPS) is 22.3. The predicted molar refractivity (Wildman–Crippen MR) is 74.3 cm³/mol. The first kappa shape index (κ1) is 14.0. The molecule has 0 saturated carbocycles. The number of benzene rings is 1. The van der Waals surface area contributed by atoms with Gasteiger partial charge >= 0.3 is 0 Å². The van der Waals surface area contributed by atoms with E-state index in [0.29, 0.717) is 11.4 Å². The highest BCUT2D eigenvalue weighted by Crippen LogP contribution is 2.47. The molecule has 0 saturated heterocycles. The summed E-state index contributed by atoms with van der Waals surface area (Å²) in [5, 5.41) is 9.90. The number of ketones is 1. The number of Topliss-reactive ketones (excluding diaryl/α,β-unsaturated/α-hetero) is 1. The van der Waals surface area contributed by atoms with Crippen LogP contribution in [0.3, 0.4) is 0 Å². The van der Waals surface area contributed by atoms with Crippen molar-refractivity contribution in [2.24, 2.45) is 5.92 Å². The number of alkyl halides is 1. The lowest BCUT2D eigenvalue weighted by atomic mass is 9.90. The average molecular weight is 308 g/mol. The molecule has 1 aliphatic rings. The summed E-state index contributed by atoms with van der Waals surface area (Å²) in [6, 6.07) is 1.55. The molecule has 0 bridgehead atoms. The summed E-state index contributed by atoms with van der Waals surface area (Å²) in [5.74, 6) is 0.394. The monoisotopic (exact) mass is 306 g/mol. The Morgan fingerprint density at radius 2 is 2.00 bits per heavy atom. The van der Waals surface area contributed by atoms with Crippen LogP contribution in [-0.2, 0) is 0 Å². The summed E-state index contributed by atoms with van der Waals surface area (Å²) in [7, 11) is 0. The van der Waals surface area contributed by atoms with Crippen molar-refractivity contribution in [2.45, 2.75) is 25.7 Å². The molecular formula is C13H13Cl3O2. The Labute approximate surface area is 121 Å².